The van der Waals surface area contributed by atoms with E-state index >= 15 is 0 Å². The van der Waals surface area contributed by atoms with Crippen LogP contribution in [0.2, 0.25) is 10.0 Å². The zero-order valence-electron chi connectivity index (χ0n) is 11.8. The van der Waals surface area contributed by atoms with Crippen LogP contribution in [-0.2, 0) is 11.0 Å². The molecule has 2 aromatic rings. The van der Waals surface area contributed by atoms with Crippen molar-refractivity contribution in [3.63, 3.8) is 0 Å². The molecule has 0 spiro atoms. The van der Waals surface area contributed by atoms with E-state index in [4.69, 9.17) is 23.2 Å². The third kappa shape index (κ3) is 4.75. The van der Waals surface area contributed by atoms with Gasteiger partial charge in [0.15, 0.2) is 0 Å². The second kappa shape index (κ2) is 7.27. The van der Waals surface area contributed by atoms with Crippen LogP contribution >= 0.6 is 23.2 Å². The van der Waals surface area contributed by atoms with Crippen molar-refractivity contribution in [3.05, 3.63) is 57.8 Å². The first-order chi connectivity index (χ1) is 11.2. The SMILES string of the molecule is O=C(CNc1cc(C(F)(F)F)ccc1Cl)Nc1ccc(F)c(Cl)c1. The summed E-state index contributed by atoms with van der Waals surface area (Å²) in [5.41, 5.74) is -0.665. The molecule has 3 nitrogen and oxygen atoms in total. The van der Waals surface area contributed by atoms with E-state index in [9.17, 15) is 22.4 Å². The maximum Gasteiger partial charge on any atom is 0.416 e. The minimum atomic E-state index is -4.52. The number of carbonyl (C=O) groups is 1. The third-order valence-corrected chi connectivity index (χ3v) is 3.56. The normalized spacial score (nSPS) is 11.2. The zero-order valence-corrected chi connectivity index (χ0v) is 13.4. The average molecular weight is 381 g/mol. The molecule has 0 unspecified atom stereocenters. The van der Waals surface area contributed by atoms with Gasteiger partial charge in [0.05, 0.1) is 27.8 Å². The van der Waals surface area contributed by atoms with Gasteiger partial charge >= 0.3 is 6.18 Å². The molecule has 0 radical (unpaired) electrons. The summed E-state index contributed by atoms with van der Waals surface area (Å²) in [5, 5.41) is 4.82. The Hall–Kier alpha value is -1.99. The molecule has 0 saturated carbocycles. The lowest BCUT2D eigenvalue weighted by molar-refractivity contribution is -0.137. The molecule has 1 amide bonds. The highest BCUT2D eigenvalue weighted by Gasteiger charge is 2.30. The molecule has 2 N–H and O–H groups in total. The van der Waals surface area contributed by atoms with Crippen LogP contribution in [0.4, 0.5) is 28.9 Å². The molecule has 0 saturated heterocycles. The van der Waals surface area contributed by atoms with Gasteiger partial charge < -0.3 is 10.6 Å². The van der Waals surface area contributed by atoms with Crippen molar-refractivity contribution < 1.29 is 22.4 Å². The lowest BCUT2D eigenvalue weighted by atomic mass is 10.2. The average Bonchev–Trinajstić information content (AvgIpc) is 2.49. The van der Waals surface area contributed by atoms with Gasteiger partial charge in [-0.15, -0.1) is 0 Å². The molecule has 0 heterocycles. The summed E-state index contributed by atoms with van der Waals surface area (Å²) < 4.78 is 51.0. The van der Waals surface area contributed by atoms with Crippen molar-refractivity contribution in [1.29, 1.82) is 0 Å². The monoisotopic (exact) mass is 380 g/mol. The van der Waals surface area contributed by atoms with Crippen LogP contribution < -0.4 is 10.6 Å². The van der Waals surface area contributed by atoms with E-state index in [0.29, 0.717) is 0 Å². The quantitative estimate of drug-likeness (QED) is 0.715. The molecule has 128 valence electrons. The van der Waals surface area contributed by atoms with Crippen molar-refractivity contribution in [1.82, 2.24) is 0 Å². The number of nitrogens with one attached hydrogen (secondary N) is 2. The van der Waals surface area contributed by atoms with E-state index in [1.165, 1.54) is 12.1 Å². The summed E-state index contributed by atoms with van der Waals surface area (Å²) in [6.07, 6.45) is -4.52. The lowest BCUT2D eigenvalue weighted by Gasteiger charge is -2.12. The fourth-order valence-corrected chi connectivity index (χ4v) is 2.16. The Labute approximate surface area is 144 Å². The van der Waals surface area contributed by atoms with Gasteiger partial charge in [0.1, 0.15) is 5.82 Å². The fourth-order valence-electron chi connectivity index (χ4n) is 1.79. The maximum atomic E-state index is 13.0. The Balaban J connectivity index is 2.02. The van der Waals surface area contributed by atoms with Crippen LogP contribution in [0.5, 0.6) is 0 Å². The minimum Gasteiger partial charge on any atom is -0.375 e. The summed E-state index contributed by atoms with van der Waals surface area (Å²) in [6.45, 7) is -0.337. The minimum absolute atomic E-state index is 0.0289. The first-order valence-electron chi connectivity index (χ1n) is 6.52. The van der Waals surface area contributed by atoms with Gasteiger partial charge in [-0.25, -0.2) is 4.39 Å². The molecule has 0 atom stereocenters. The van der Waals surface area contributed by atoms with E-state index in [2.05, 4.69) is 10.6 Å². The van der Waals surface area contributed by atoms with Crippen LogP contribution in [0.25, 0.3) is 0 Å². The first kappa shape index (κ1) is 18.4. The number of alkyl halides is 3. The lowest BCUT2D eigenvalue weighted by Crippen LogP contribution is -2.22. The van der Waals surface area contributed by atoms with Gasteiger partial charge in [-0.05, 0) is 36.4 Å². The smallest absolute Gasteiger partial charge is 0.375 e. The number of hydrogen-bond acceptors (Lipinski definition) is 2. The van der Waals surface area contributed by atoms with E-state index in [0.717, 1.165) is 24.3 Å². The highest BCUT2D eigenvalue weighted by atomic mass is 35.5. The highest BCUT2D eigenvalue weighted by Crippen LogP contribution is 2.33. The Kier molecular flexibility index (Phi) is 5.56. The van der Waals surface area contributed by atoms with Crippen LogP contribution in [-0.4, -0.2) is 12.5 Å². The molecule has 0 aliphatic rings. The zero-order chi connectivity index (χ0) is 17.9. The van der Waals surface area contributed by atoms with Crippen molar-refractivity contribution in [2.45, 2.75) is 6.18 Å². The Morgan fingerprint density at radius 3 is 2.38 bits per heavy atom. The first-order valence-corrected chi connectivity index (χ1v) is 7.28. The molecule has 24 heavy (non-hydrogen) atoms. The number of anilines is 2. The number of benzene rings is 2. The van der Waals surface area contributed by atoms with Gasteiger partial charge in [-0.2, -0.15) is 13.2 Å². The summed E-state index contributed by atoms with van der Waals surface area (Å²) in [5.74, 6) is -1.20. The van der Waals surface area contributed by atoms with Crippen molar-refractivity contribution >= 4 is 40.5 Å². The fraction of sp³-hybridized carbons (Fsp3) is 0.133. The second-order valence-electron chi connectivity index (χ2n) is 4.72. The van der Waals surface area contributed by atoms with Crippen molar-refractivity contribution in [3.8, 4) is 0 Å². The Morgan fingerprint density at radius 2 is 1.75 bits per heavy atom. The van der Waals surface area contributed by atoms with E-state index in [-0.39, 0.29) is 28.0 Å². The molecule has 0 fully saturated rings. The second-order valence-corrected chi connectivity index (χ2v) is 5.54. The number of hydrogen-bond donors (Lipinski definition) is 2. The topological polar surface area (TPSA) is 41.1 Å². The molecule has 0 aromatic heterocycles. The van der Waals surface area contributed by atoms with Crippen molar-refractivity contribution in [2.24, 2.45) is 0 Å². The predicted molar refractivity (Wildman–Crippen MR) is 85.0 cm³/mol. The number of halogens is 6. The van der Waals surface area contributed by atoms with Gasteiger partial charge in [-0.1, -0.05) is 23.2 Å². The Bertz CT molecular complexity index is 766. The molecule has 2 aromatic carbocycles. The van der Waals surface area contributed by atoms with E-state index < -0.39 is 23.5 Å². The molecular weight excluding hydrogens is 371 g/mol. The standard InChI is InChI=1S/C15H10Cl2F4N2O/c16-10-3-1-8(15(19,20)21)5-13(10)22-7-14(24)23-9-2-4-12(18)11(17)6-9/h1-6,22H,7H2,(H,23,24). The van der Waals surface area contributed by atoms with E-state index in [1.807, 2.05) is 0 Å². The summed E-state index contributed by atoms with van der Waals surface area (Å²) >= 11 is 11.4. The van der Waals surface area contributed by atoms with Crippen LogP contribution in [0.3, 0.4) is 0 Å². The third-order valence-electron chi connectivity index (χ3n) is 2.94. The Morgan fingerprint density at radius 1 is 1.04 bits per heavy atom. The molecular formula is C15H10Cl2F4N2O. The van der Waals surface area contributed by atoms with Crippen LogP contribution in [0.1, 0.15) is 5.56 Å². The highest BCUT2D eigenvalue weighted by molar-refractivity contribution is 6.33. The molecule has 0 bridgehead atoms. The van der Waals surface area contributed by atoms with E-state index in [1.54, 1.807) is 0 Å². The van der Waals surface area contributed by atoms with Gasteiger partial charge in [0.25, 0.3) is 0 Å². The molecule has 9 heteroatoms. The molecule has 0 aliphatic heterocycles. The van der Waals surface area contributed by atoms with Crippen LogP contribution in [0, 0.1) is 5.82 Å². The predicted octanol–water partition coefficient (Wildman–Crippen LogP) is 5.20. The van der Waals surface area contributed by atoms with Gasteiger partial charge in [0.2, 0.25) is 5.91 Å². The summed E-state index contributed by atoms with van der Waals surface area (Å²) in [4.78, 5) is 11.8. The van der Waals surface area contributed by atoms with Gasteiger partial charge in [0, 0.05) is 5.69 Å². The largest absolute Gasteiger partial charge is 0.416 e. The summed E-state index contributed by atoms with van der Waals surface area (Å²) in [7, 11) is 0. The summed E-state index contributed by atoms with van der Waals surface area (Å²) in [6, 6.07) is 6.33. The van der Waals surface area contributed by atoms with Crippen LogP contribution in [0.15, 0.2) is 36.4 Å². The maximum absolute atomic E-state index is 13.0. The number of carbonyl (C=O) groups excluding carboxylic acids is 1. The molecule has 0 aliphatic carbocycles. The number of amides is 1. The number of rotatable bonds is 4. The van der Waals surface area contributed by atoms with Crippen molar-refractivity contribution in [2.75, 3.05) is 17.2 Å². The molecule has 2 rings (SSSR count). The van der Waals surface area contributed by atoms with Gasteiger partial charge in [-0.3, -0.25) is 4.79 Å².